The summed E-state index contributed by atoms with van der Waals surface area (Å²) in [7, 11) is 3.37. The Morgan fingerprint density at radius 2 is 1.76 bits per heavy atom. The molecular weight excluding hydrogens is 418 g/mol. The second-order valence-electron chi connectivity index (χ2n) is 7.69. The minimum atomic E-state index is -0.130. The molecule has 0 saturated heterocycles. The maximum Gasteiger partial charge on any atom is 0.257 e. The van der Waals surface area contributed by atoms with Crippen molar-refractivity contribution in [2.75, 3.05) is 27.3 Å². The van der Waals surface area contributed by atoms with Crippen molar-refractivity contribution < 1.29 is 19.0 Å². The number of aryl methyl sites for hydroxylation is 1. The second-order valence-corrected chi connectivity index (χ2v) is 7.69. The summed E-state index contributed by atoms with van der Waals surface area (Å²) in [5.74, 6) is 1.89. The average Bonchev–Trinajstić information content (AvgIpc) is 3.27. The van der Waals surface area contributed by atoms with Crippen LogP contribution in [-0.4, -0.2) is 47.5 Å². The van der Waals surface area contributed by atoms with Crippen LogP contribution in [0.5, 0.6) is 17.2 Å². The molecule has 0 unspecified atom stereocenters. The topological polar surface area (TPSA) is 65.3 Å². The second kappa shape index (κ2) is 10.1. The molecule has 2 heterocycles. The van der Waals surface area contributed by atoms with E-state index < -0.39 is 0 Å². The fourth-order valence-corrected chi connectivity index (χ4v) is 3.47. The molecule has 0 aliphatic heterocycles. The van der Waals surface area contributed by atoms with Crippen LogP contribution in [0.15, 0.2) is 73.1 Å². The average molecular weight is 446 g/mol. The van der Waals surface area contributed by atoms with Gasteiger partial charge in [0, 0.05) is 19.4 Å². The lowest BCUT2D eigenvalue weighted by Gasteiger charge is -2.19. The summed E-state index contributed by atoms with van der Waals surface area (Å²) in [5.41, 5.74) is 3.30. The molecule has 0 radical (unpaired) electrons. The van der Waals surface area contributed by atoms with Gasteiger partial charge in [-0.25, -0.2) is 4.98 Å². The molecule has 0 N–H and O–H groups in total. The molecule has 2 aromatic carbocycles. The highest BCUT2D eigenvalue weighted by Crippen LogP contribution is 2.22. The molecule has 0 saturated carbocycles. The van der Waals surface area contributed by atoms with E-state index in [0.717, 1.165) is 28.4 Å². The molecule has 0 aliphatic carbocycles. The summed E-state index contributed by atoms with van der Waals surface area (Å²) in [5, 5.41) is 0. The summed E-state index contributed by atoms with van der Waals surface area (Å²) >= 11 is 0. The van der Waals surface area contributed by atoms with E-state index in [1.54, 1.807) is 31.2 Å². The van der Waals surface area contributed by atoms with E-state index in [2.05, 4.69) is 4.98 Å². The van der Waals surface area contributed by atoms with E-state index in [-0.39, 0.29) is 12.5 Å². The Hall–Kier alpha value is -4.00. The molecule has 2 aromatic heterocycles. The molecule has 7 heteroatoms. The number of hydrogen-bond acceptors (Lipinski definition) is 5. The third-order valence-electron chi connectivity index (χ3n) is 5.32. The molecule has 0 atom stereocenters. The summed E-state index contributed by atoms with van der Waals surface area (Å²) in [6.07, 6.45) is 3.90. The lowest BCUT2D eigenvalue weighted by atomic mass is 10.2. The van der Waals surface area contributed by atoms with Gasteiger partial charge in [-0.1, -0.05) is 18.2 Å². The number of amides is 1. The molecular formula is C26H27N3O4. The van der Waals surface area contributed by atoms with Crippen molar-refractivity contribution in [2.45, 2.75) is 13.5 Å². The zero-order valence-corrected chi connectivity index (χ0v) is 19.0. The van der Waals surface area contributed by atoms with Gasteiger partial charge in [0.2, 0.25) is 0 Å². The van der Waals surface area contributed by atoms with E-state index in [0.29, 0.717) is 24.5 Å². The lowest BCUT2D eigenvalue weighted by molar-refractivity contribution is 0.0769. The first-order valence-corrected chi connectivity index (χ1v) is 10.7. The Kier molecular flexibility index (Phi) is 6.78. The van der Waals surface area contributed by atoms with Gasteiger partial charge < -0.3 is 23.5 Å². The zero-order valence-electron chi connectivity index (χ0n) is 19.0. The van der Waals surface area contributed by atoms with Gasteiger partial charge in [0.1, 0.15) is 36.1 Å². The minimum Gasteiger partial charge on any atom is -0.497 e. The lowest BCUT2D eigenvalue weighted by Crippen LogP contribution is -2.31. The minimum absolute atomic E-state index is 0.130. The van der Waals surface area contributed by atoms with Crippen molar-refractivity contribution in [1.82, 2.24) is 14.3 Å². The Morgan fingerprint density at radius 1 is 1.00 bits per heavy atom. The SMILES string of the molecule is COc1ccc(OCCN(C)C(=O)c2ccccc2OCc2cn3cccc(C)c3n2)cc1. The van der Waals surface area contributed by atoms with E-state index in [1.807, 2.05) is 72.2 Å². The van der Waals surface area contributed by atoms with Crippen molar-refractivity contribution in [3.8, 4) is 17.2 Å². The first-order chi connectivity index (χ1) is 16.0. The van der Waals surface area contributed by atoms with Crippen LogP contribution < -0.4 is 14.2 Å². The fourth-order valence-electron chi connectivity index (χ4n) is 3.47. The number of hydrogen-bond donors (Lipinski definition) is 0. The van der Waals surface area contributed by atoms with Gasteiger partial charge in [-0.2, -0.15) is 0 Å². The normalized spacial score (nSPS) is 10.8. The van der Waals surface area contributed by atoms with Crippen molar-refractivity contribution in [3.05, 3.63) is 89.9 Å². The predicted molar refractivity (Wildman–Crippen MR) is 126 cm³/mol. The number of nitrogens with zero attached hydrogens (tertiary/aromatic N) is 3. The number of imidazole rings is 1. The van der Waals surface area contributed by atoms with E-state index in [4.69, 9.17) is 14.2 Å². The zero-order chi connectivity index (χ0) is 23.2. The van der Waals surface area contributed by atoms with Crippen LogP contribution in [0.25, 0.3) is 5.65 Å². The van der Waals surface area contributed by atoms with Crippen LogP contribution in [0.4, 0.5) is 0 Å². The van der Waals surface area contributed by atoms with Crippen LogP contribution in [0.1, 0.15) is 21.6 Å². The van der Waals surface area contributed by atoms with Gasteiger partial charge in [0.25, 0.3) is 5.91 Å². The molecule has 0 bridgehead atoms. The summed E-state index contributed by atoms with van der Waals surface area (Å²) < 4.78 is 18.9. The summed E-state index contributed by atoms with van der Waals surface area (Å²) in [6.45, 7) is 3.11. The summed E-state index contributed by atoms with van der Waals surface area (Å²) in [6, 6.07) is 18.6. The fraction of sp³-hybridized carbons (Fsp3) is 0.231. The standard InChI is InChI=1S/C26H27N3O4/c1-19-7-6-14-29-17-20(27-25(19)29)18-33-24-9-5-4-8-23(24)26(30)28(2)15-16-32-22-12-10-21(31-3)11-13-22/h4-14,17H,15-16,18H2,1-3H3. The van der Waals surface area contributed by atoms with Crippen molar-refractivity contribution in [3.63, 3.8) is 0 Å². The van der Waals surface area contributed by atoms with Crippen molar-refractivity contribution in [2.24, 2.45) is 0 Å². The number of para-hydroxylation sites is 1. The highest BCUT2D eigenvalue weighted by atomic mass is 16.5. The van der Waals surface area contributed by atoms with Gasteiger partial charge in [-0.05, 0) is 55.0 Å². The molecule has 4 rings (SSSR count). The number of aromatic nitrogens is 2. The van der Waals surface area contributed by atoms with Crippen LogP contribution in [0.2, 0.25) is 0 Å². The van der Waals surface area contributed by atoms with Crippen LogP contribution in [0, 0.1) is 6.92 Å². The van der Waals surface area contributed by atoms with E-state index in [1.165, 1.54) is 0 Å². The van der Waals surface area contributed by atoms with Gasteiger partial charge in [0.05, 0.1) is 24.9 Å². The number of pyridine rings is 1. The Morgan fingerprint density at radius 3 is 2.52 bits per heavy atom. The Balaban J connectivity index is 1.36. The third kappa shape index (κ3) is 5.26. The maximum absolute atomic E-state index is 13.0. The number of carbonyl (C=O) groups is 1. The smallest absolute Gasteiger partial charge is 0.257 e. The first-order valence-electron chi connectivity index (χ1n) is 10.7. The van der Waals surface area contributed by atoms with Crippen molar-refractivity contribution in [1.29, 1.82) is 0 Å². The number of likely N-dealkylation sites (N-methyl/N-ethyl adjacent to an activating group) is 1. The monoisotopic (exact) mass is 445 g/mol. The predicted octanol–water partition coefficient (Wildman–Crippen LogP) is 4.38. The molecule has 0 aliphatic rings. The first kappa shape index (κ1) is 22.2. The van der Waals surface area contributed by atoms with E-state index >= 15 is 0 Å². The number of benzene rings is 2. The van der Waals surface area contributed by atoms with Crippen LogP contribution >= 0.6 is 0 Å². The van der Waals surface area contributed by atoms with Crippen LogP contribution in [-0.2, 0) is 6.61 Å². The highest BCUT2D eigenvalue weighted by Gasteiger charge is 2.17. The van der Waals surface area contributed by atoms with Gasteiger partial charge >= 0.3 is 0 Å². The number of ether oxygens (including phenoxy) is 3. The quantitative estimate of drug-likeness (QED) is 0.383. The number of rotatable bonds is 9. The Labute approximate surface area is 193 Å². The van der Waals surface area contributed by atoms with Crippen LogP contribution in [0.3, 0.4) is 0 Å². The Bertz CT molecular complexity index is 1230. The molecule has 33 heavy (non-hydrogen) atoms. The van der Waals surface area contributed by atoms with Crippen molar-refractivity contribution >= 4 is 11.6 Å². The van der Waals surface area contributed by atoms with Gasteiger partial charge in [0.15, 0.2) is 0 Å². The number of fused-ring (bicyclic) bond motifs is 1. The number of methoxy groups -OCH3 is 1. The molecule has 7 nitrogen and oxygen atoms in total. The molecule has 0 spiro atoms. The van der Waals surface area contributed by atoms with E-state index in [9.17, 15) is 4.79 Å². The molecule has 170 valence electrons. The van der Waals surface area contributed by atoms with Gasteiger partial charge in [-0.3, -0.25) is 4.79 Å². The molecule has 0 fully saturated rings. The largest absolute Gasteiger partial charge is 0.497 e. The number of carbonyl (C=O) groups excluding carboxylic acids is 1. The highest BCUT2D eigenvalue weighted by molar-refractivity contribution is 5.96. The maximum atomic E-state index is 13.0. The van der Waals surface area contributed by atoms with Gasteiger partial charge in [-0.15, -0.1) is 0 Å². The summed E-state index contributed by atoms with van der Waals surface area (Å²) in [4.78, 5) is 19.3. The molecule has 4 aromatic rings. The third-order valence-corrected chi connectivity index (χ3v) is 5.32. The molecule has 1 amide bonds.